The number of carbonyl (C=O) groups excluding carboxylic acids is 1. The minimum Gasteiger partial charge on any atom is -0.425 e. The van der Waals surface area contributed by atoms with Crippen LogP contribution in [-0.4, -0.2) is 5.97 Å². The van der Waals surface area contributed by atoms with Crippen molar-refractivity contribution in [2.75, 3.05) is 0 Å². The zero-order valence-electron chi connectivity index (χ0n) is 12.0. The van der Waals surface area contributed by atoms with Gasteiger partial charge in [-0.25, -0.2) is 0 Å². The van der Waals surface area contributed by atoms with Gasteiger partial charge in [0.25, 0.3) is 11.9 Å². The van der Waals surface area contributed by atoms with Crippen molar-refractivity contribution in [3.8, 4) is 5.75 Å². The molecule has 0 aliphatic heterocycles. The summed E-state index contributed by atoms with van der Waals surface area (Å²) in [5.74, 6) is -0.0611. The van der Waals surface area contributed by atoms with Gasteiger partial charge in [0.1, 0.15) is 5.75 Å². The van der Waals surface area contributed by atoms with Crippen molar-refractivity contribution in [3.63, 3.8) is 0 Å². The monoisotopic (exact) mass is 284 g/mol. The topological polar surface area (TPSA) is 44.8 Å². The molecule has 2 rings (SSSR count). The molecule has 0 atom stereocenters. The molecule has 108 valence electrons. The molecule has 2 aromatic carbocycles. The Labute approximate surface area is 123 Å². The molecule has 4 heteroatoms. The highest BCUT2D eigenvalue weighted by molar-refractivity contribution is 5.89. The zero-order valence-corrected chi connectivity index (χ0v) is 12.0. The third-order valence-electron chi connectivity index (χ3n) is 2.78. The van der Waals surface area contributed by atoms with Gasteiger partial charge in [0.15, 0.2) is 0 Å². The molecule has 0 bridgehead atoms. The molecule has 2 aromatic rings. The standard InChI is InChI=1S/C17H16O4/c1-11-9-10-15-7-5-6-8-16(15)17(11)21-14(4)20-13(3)19-12(2)18/h5-10H,3-4H2,1-2H3. The first kappa shape index (κ1) is 14.7. The molecule has 0 N–H and O–H groups in total. The highest BCUT2D eigenvalue weighted by atomic mass is 16.8. The fourth-order valence-electron chi connectivity index (χ4n) is 1.93. The highest BCUT2D eigenvalue weighted by Crippen LogP contribution is 2.30. The smallest absolute Gasteiger partial charge is 0.310 e. The second-order valence-electron chi connectivity index (χ2n) is 4.47. The number of hydrogen-bond acceptors (Lipinski definition) is 4. The van der Waals surface area contributed by atoms with Gasteiger partial charge >= 0.3 is 5.97 Å². The third-order valence-corrected chi connectivity index (χ3v) is 2.78. The van der Waals surface area contributed by atoms with Crippen LogP contribution >= 0.6 is 0 Å². The lowest BCUT2D eigenvalue weighted by molar-refractivity contribution is -0.141. The molecule has 0 fully saturated rings. The predicted molar refractivity (Wildman–Crippen MR) is 80.4 cm³/mol. The van der Waals surface area contributed by atoms with E-state index in [9.17, 15) is 4.79 Å². The summed E-state index contributed by atoms with van der Waals surface area (Å²) >= 11 is 0. The Balaban J connectivity index is 2.19. The largest absolute Gasteiger partial charge is 0.425 e. The van der Waals surface area contributed by atoms with Crippen LogP contribution in [0.3, 0.4) is 0 Å². The second kappa shape index (κ2) is 6.13. The Morgan fingerprint density at radius 3 is 2.43 bits per heavy atom. The van der Waals surface area contributed by atoms with E-state index in [1.54, 1.807) is 0 Å². The van der Waals surface area contributed by atoms with Crippen LogP contribution in [0.25, 0.3) is 10.8 Å². The lowest BCUT2D eigenvalue weighted by Crippen LogP contribution is -2.05. The minimum absolute atomic E-state index is 0.0132. The van der Waals surface area contributed by atoms with Crippen LogP contribution in [0.15, 0.2) is 61.4 Å². The van der Waals surface area contributed by atoms with Gasteiger partial charge in [-0.05, 0) is 31.0 Å². The number of ether oxygens (including phenoxy) is 3. The molecule has 0 saturated heterocycles. The maximum absolute atomic E-state index is 10.8. The molecule has 0 unspecified atom stereocenters. The molecular weight excluding hydrogens is 268 g/mol. The first-order valence-corrected chi connectivity index (χ1v) is 6.37. The van der Waals surface area contributed by atoms with E-state index in [2.05, 4.69) is 17.9 Å². The molecule has 0 amide bonds. The van der Waals surface area contributed by atoms with Gasteiger partial charge in [0.05, 0.1) is 0 Å². The van der Waals surface area contributed by atoms with Crippen LogP contribution in [0.1, 0.15) is 12.5 Å². The van der Waals surface area contributed by atoms with Crippen molar-refractivity contribution in [1.82, 2.24) is 0 Å². The summed E-state index contributed by atoms with van der Waals surface area (Å²) in [5, 5.41) is 1.99. The SMILES string of the molecule is C=C(OC(=C)Oc1c(C)ccc2ccccc12)OC(C)=O. The van der Waals surface area contributed by atoms with Crippen molar-refractivity contribution < 1.29 is 19.0 Å². The average Bonchev–Trinajstić information content (AvgIpc) is 2.41. The van der Waals surface area contributed by atoms with Gasteiger partial charge in [-0.15, -0.1) is 0 Å². The van der Waals surface area contributed by atoms with Crippen molar-refractivity contribution in [2.45, 2.75) is 13.8 Å². The van der Waals surface area contributed by atoms with Crippen LogP contribution in [-0.2, 0) is 14.3 Å². The van der Waals surface area contributed by atoms with E-state index < -0.39 is 5.97 Å². The van der Waals surface area contributed by atoms with Crippen molar-refractivity contribution in [3.05, 3.63) is 67.0 Å². The number of rotatable bonds is 5. The Bertz CT molecular complexity index is 716. The summed E-state index contributed by atoms with van der Waals surface area (Å²) in [6.07, 6.45) is 0. The highest BCUT2D eigenvalue weighted by Gasteiger charge is 2.10. The molecular formula is C17H16O4. The van der Waals surface area contributed by atoms with Gasteiger partial charge < -0.3 is 14.2 Å². The summed E-state index contributed by atoms with van der Waals surface area (Å²) in [6.45, 7) is 10.3. The molecule has 0 spiro atoms. The molecule has 0 aliphatic carbocycles. The molecule has 0 radical (unpaired) electrons. The van der Waals surface area contributed by atoms with E-state index in [0.29, 0.717) is 5.75 Å². The molecule has 21 heavy (non-hydrogen) atoms. The van der Waals surface area contributed by atoms with Gasteiger partial charge in [0.2, 0.25) is 0 Å². The van der Waals surface area contributed by atoms with E-state index in [-0.39, 0.29) is 11.9 Å². The summed E-state index contributed by atoms with van der Waals surface area (Å²) in [6, 6.07) is 11.8. The van der Waals surface area contributed by atoms with E-state index in [1.165, 1.54) is 6.92 Å². The first-order chi connectivity index (χ1) is 9.97. The van der Waals surface area contributed by atoms with E-state index in [1.807, 2.05) is 43.3 Å². The van der Waals surface area contributed by atoms with Crippen LogP contribution in [0.4, 0.5) is 0 Å². The Morgan fingerprint density at radius 1 is 1.00 bits per heavy atom. The zero-order chi connectivity index (χ0) is 15.4. The van der Waals surface area contributed by atoms with Crippen LogP contribution in [0.2, 0.25) is 0 Å². The third kappa shape index (κ3) is 3.63. The Morgan fingerprint density at radius 2 is 1.71 bits per heavy atom. The molecule has 0 heterocycles. The van der Waals surface area contributed by atoms with E-state index >= 15 is 0 Å². The molecule has 0 saturated carbocycles. The maximum atomic E-state index is 10.8. The fourth-order valence-corrected chi connectivity index (χ4v) is 1.93. The molecule has 0 aromatic heterocycles. The average molecular weight is 284 g/mol. The van der Waals surface area contributed by atoms with E-state index in [4.69, 9.17) is 9.47 Å². The number of benzene rings is 2. The van der Waals surface area contributed by atoms with Crippen LogP contribution < -0.4 is 4.74 Å². The number of aryl methyl sites for hydroxylation is 1. The van der Waals surface area contributed by atoms with Crippen molar-refractivity contribution in [2.24, 2.45) is 0 Å². The van der Waals surface area contributed by atoms with Crippen LogP contribution in [0, 0.1) is 6.92 Å². The van der Waals surface area contributed by atoms with Crippen molar-refractivity contribution >= 4 is 16.7 Å². The summed E-state index contributed by atoms with van der Waals surface area (Å²) in [5.41, 5.74) is 0.941. The number of esters is 1. The fraction of sp³-hybridized carbons (Fsp3) is 0.118. The Hall–Kier alpha value is -2.75. The number of fused-ring (bicyclic) bond motifs is 1. The van der Waals surface area contributed by atoms with Gasteiger partial charge in [-0.2, -0.15) is 0 Å². The quantitative estimate of drug-likeness (QED) is 0.613. The summed E-state index contributed by atoms with van der Waals surface area (Å²) in [7, 11) is 0. The summed E-state index contributed by atoms with van der Waals surface area (Å²) in [4.78, 5) is 10.8. The van der Waals surface area contributed by atoms with E-state index in [0.717, 1.165) is 16.3 Å². The van der Waals surface area contributed by atoms with Gasteiger partial charge in [-0.1, -0.05) is 36.4 Å². The second-order valence-corrected chi connectivity index (χ2v) is 4.47. The predicted octanol–water partition coefficient (Wildman–Crippen LogP) is 4.05. The molecule has 4 nitrogen and oxygen atoms in total. The summed E-state index contributed by atoms with van der Waals surface area (Å²) < 4.78 is 15.4. The van der Waals surface area contributed by atoms with Crippen LogP contribution in [0.5, 0.6) is 5.75 Å². The normalized spacial score (nSPS) is 10.0. The van der Waals surface area contributed by atoms with Gasteiger partial charge in [-0.3, -0.25) is 4.79 Å². The lowest BCUT2D eigenvalue weighted by atomic mass is 10.1. The number of carbonyl (C=O) groups is 1. The minimum atomic E-state index is -0.519. The Kier molecular flexibility index (Phi) is 4.28. The first-order valence-electron chi connectivity index (χ1n) is 6.37. The van der Waals surface area contributed by atoms with Gasteiger partial charge in [0, 0.05) is 12.3 Å². The molecule has 0 aliphatic rings. The maximum Gasteiger partial charge on any atom is 0.310 e. The lowest BCUT2D eigenvalue weighted by Gasteiger charge is -2.14. The van der Waals surface area contributed by atoms with Crippen molar-refractivity contribution in [1.29, 1.82) is 0 Å². The number of hydrogen-bond donors (Lipinski definition) is 0.